The van der Waals surface area contributed by atoms with Gasteiger partial charge in [-0.3, -0.25) is 20.2 Å². The summed E-state index contributed by atoms with van der Waals surface area (Å²) in [6.45, 7) is 1.74. The van der Waals surface area contributed by atoms with E-state index in [1.807, 2.05) is 30.5 Å². The SMILES string of the molecule is COc1ccc(C(=O)Nc2nc(C)c(-c3csc(NC(=O)COc4ccccc4)n3)s2)cc1. The van der Waals surface area contributed by atoms with Gasteiger partial charge in [-0.2, -0.15) is 0 Å². The normalized spacial score (nSPS) is 10.5. The fraction of sp³-hybridized carbons (Fsp3) is 0.130. The molecule has 0 atom stereocenters. The summed E-state index contributed by atoms with van der Waals surface area (Å²) in [4.78, 5) is 34.4. The highest BCUT2D eigenvalue weighted by molar-refractivity contribution is 7.20. The van der Waals surface area contributed by atoms with Gasteiger partial charge in [-0.1, -0.05) is 29.5 Å². The predicted molar refractivity (Wildman–Crippen MR) is 129 cm³/mol. The summed E-state index contributed by atoms with van der Waals surface area (Å²) in [5.74, 6) is 0.741. The lowest BCUT2D eigenvalue weighted by molar-refractivity contribution is -0.118. The number of aromatic nitrogens is 2. The second-order valence-electron chi connectivity index (χ2n) is 6.80. The number of benzene rings is 2. The second-order valence-corrected chi connectivity index (χ2v) is 8.66. The summed E-state index contributed by atoms with van der Waals surface area (Å²) in [6, 6.07) is 15.9. The minimum atomic E-state index is -0.298. The third kappa shape index (κ3) is 5.73. The lowest BCUT2D eigenvalue weighted by Crippen LogP contribution is -2.19. The van der Waals surface area contributed by atoms with Gasteiger partial charge in [0.05, 0.1) is 23.4 Å². The first-order chi connectivity index (χ1) is 16.0. The molecule has 0 saturated heterocycles. The fourth-order valence-corrected chi connectivity index (χ4v) is 4.57. The molecule has 2 heterocycles. The smallest absolute Gasteiger partial charge is 0.264 e. The zero-order chi connectivity index (χ0) is 23.2. The van der Waals surface area contributed by atoms with Crippen LogP contribution in [0.15, 0.2) is 60.0 Å². The lowest BCUT2D eigenvalue weighted by Gasteiger charge is -2.05. The summed E-state index contributed by atoms with van der Waals surface area (Å²) >= 11 is 2.63. The molecule has 33 heavy (non-hydrogen) atoms. The molecule has 0 unspecified atom stereocenters. The van der Waals surface area contributed by atoms with E-state index in [1.165, 1.54) is 22.7 Å². The Labute approximate surface area is 198 Å². The molecule has 0 aliphatic rings. The van der Waals surface area contributed by atoms with Crippen LogP contribution < -0.4 is 20.1 Å². The molecule has 0 saturated carbocycles. The number of hydrogen-bond acceptors (Lipinski definition) is 8. The minimum absolute atomic E-state index is 0.111. The second kappa shape index (κ2) is 10.2. The Bertz CT molecular complexity index is 1250. The highest BCUT2D eigenvalue weighted by Crippen LogP contribution is 2.34. The number of aryl methyl sites for hydroxylation is 1. The molecule has 0 bridgehead atoms. The molecule has 8 nitrogen and oxygen atoms in total. The number of nitrogens with one attached hydrogen (secondary N) is 2. The topological polar surface area (TPSA) is 102 Å². The first-order valence-electron chi connectivity index (χ1n) is 9.88. The average molecular weight is 481 g/mol. The van der Waals surface area contributed by atoms with Crippen molar-refractivity contribution >= 4 is 44.8 Å². The quantitative estimate of drug-likeness (QED) is 0.374. The van der Waals surface area contributed by atoms with Crippen LogP contribution in [0.3, 0.4) is 0 Å². The lowest BCUT2D eigenvalue weighted by atomic mass is 10.2. The Balaban J connectivity index is 1.37. The van der Waals surface area contributed by atoms with E-state index in [0.29, 0.717) is 33.0 Å². The first-order valence-corrected chi connectivity index (χ1v) is 11.6. The van der Waals surface area contributed by atoms with E-state index in [0.717, 1.165) is 10.6 Å². The fourth-order valence-electron chi connectivity index (χ4n) is 2.86. The maximum atomic E-state index is 12.5. The molecule has 10 heteroatoms. The summed E-state index contributed by atoms with van der Waals surface area (Å²) in [6.07, 6.45) is 0. The van der Waals surface area contributed by atoms with Crippen LogP contribution in [0.5, 0.6) is 11.5 Å². The average Bonchev–Trinajstić information content (AvgIpc) is 3.44. The van der Waals surface area contributed by atoms with Gasteiger partial charge in [-0.05, 0) is 43.3 Å². The number of thiazole rings is 2. The van der Waals surface area contributed by atoms with Crippen molar-refractivity contribution in [3.8, 4) is 22.1 Å². The molecule has 0 radical (unpaired) electrons. The van der Waals surface area contributed by atoms with Crippen LogP contribution in [0, 0.1) is 6.92 Å². The maximum absolute atomic E-state index is 12.5. The van der Waals surface area contributed by atoms with Gasteiger partial charge >= 0.3 is 0 Å². The number of methoxy groups -OCH3 is 1. The third-order valence-electron chi connectivity index (χ3n) is 4.47. The Hall–Kier alpha value is -3.76. The number of amides is 2. The van der Waals surface area contributed by atoms with E-state index in [4.69, 9.17) is 9.47 Å². The molecule has 2 aromatic heterocycles. The number of rotatable bonds is 8. The van der Waals surface area contributed by atoms with E-state index in [2.05, 4.69) is 20.6 Å². The highest BCUT2D eigenvalue weighted by atomic mass is 32.1. The van der Waals surface area contributed by atoms with E-state index in [9.17, 15) is 9.59 Å². The number of carbonyl (C=O) groups is 2. The molecule has 168 valence electrons. The van der Waals surface area contributed by atoms with Gasteiger partial charge in [0.2, 0.25) is 0 Å². The summed E-state index contributed by atoms with van der Waals surface area (Å²) in [5, 5.41) is 8.32. The van der Waals surface area contributed by atoms with Crippen molar-refractivity contribution in [1.29, 1.82) is 0 Å². The zero-order valence-corrected chi connectivity index (χ0v) is 19.5. The van der Waals surface area contributed by atoms with E-state index in [1.54, 1.807) is 43.5 Å². The molecule has 0 aliphatic heterocycles. The van der Waals surface area contributed by atoms with Crippen LogP contribution in [0.25, 0.3) is 10.6 Å². The van der Waals surface area contributed by atoms with Crippen molar-refractivity contribution in [3.63, 3.8) is 0 Å². The minimum Gasteiger partial charge on any atom is -0.497 e. The van der Waals surface area contributed by atoms with Gasteiger partial charge in [0, 0.05) is 10.9 Å². The van der Waals surface area contributed by atoms with Crippen molar-refractivity contribution < 1.29 is 19.1 Å². The van der Waals surface area contributed by atoms with Gasteiger partial charge in [0.1, 0.15) is 11.5 Å². The number of hydrogen-bond donors (Lipinski definition) is 2. The van der Waals surface area contributed by atoms with Gasteiger partial charge in [-0.15, -0.1) is 11.3 Å². The Morgan fingerprint density at radius 1 is 0.939 bits per heavy atom. The number of carbonyl (C=O) groups excluding carboxylic acids is 2. The highest BCUT2D eigenvalue weighted by Gasteiger charge is 2.16. The van der Waals surface area contributed by atoms with Gasteiger partial charge < -0.3 is 9.47 Å². The predicted octanol–water partition coefficient (Wildman–Crippen LogP) is 4.85. The molecule has 2 amide bonds. The van der Waals surface area contributed by atoms with Crippen molar-refractivity contribution in [3.05, 3.63) is 71.2 Å². The third-order valence-corrected chi connectivity index (χ3v) is 6.32. The van der Waals surface area contributed by atoms with Crippen LogP contribution >= 0.6 is 22.7 Å². The van der Waals surface area contributed by atoms with Gasteiger partial charge in [0.15, 0.2) is 16.9 Å². The van der Waals surface area contributed by atoms with Crippen LogP contribution in [0.1, 0.15) is 16.1 Å². The molecule has 0 aliphatic carbocycles. The summed E-state index contributed by atoms with van der Waals surface area (Å²) in [7, 11) is 1.57. The molecule has 2 aromatic carbocycles. The van der Waals surface area contributed by atoms with Crippen molar-refractivity contribution in [2.75, 3.05) is 24.4 Å². The Kier molecular flexibility index (Phi) is 6.96. The monoisotopic (exact) mass is 480 g/mol. The zero-order valence-electron chi connectivity index (χ0n) is 17.8. The van der Waals surface area contributed by atoms with E-state index in [-0.39, 0.29) is 18.4 Å². The summed E-state index contributed by atoms with van der Waals surface area (Å²) < 4.78 is 10.6. The Morgan fingerprint density at radius 2 is 1.70 bits per heavy atom. The first kappa shape index (κ1) is 22.4. The molecular weight excluding hydrogens is 460 g/mol. The Morgan fingerprint density at radius 3 is 2.42 bits per heavy atom. The molecule has 4 rings (SSSR count). The van der Waals surface area contributed by atoms with Crippen molar-refractivity contribution in [2.24, 2.45) is 0 Å². The van der Waals surface area contributed by atoms with Crippen LogP contribution in [-0.4, -0.2) is 35.5 Å². The van der Waals surface area contributed by atoms with Crippen molar-refractivity contribution in [2.45, 2.75) is 6.92 Å². The van der Waals surface area contributed by atoms with Crippen LogP contribution in [0.2, 0.25) is 0 Å². The number of ether oxygens (including phenoxy) is 2. The largest absolute Gasteiger partial charge is 0.497 e. The van der Waals surface area contributed by atoms with E-state index < -0.39 is 0 Å². The molecule has 0 spiro atoms. The van der Waals surface area contributed by atoms with Crippen molar-refractivity contribution in [1.82, 2.24) is 9.97 Å². The number of nitrogens with zero attached hydrogens (tertiary/aromatic N) is 2. The van der Waals surface area contributed by atoms with Gasteiger partial charge in [0.25, 0.3) is 11.8 Å². The number of para-hydroxylation sites is 1. The molecule has 2 N–H and O–H groups in total. The number of anilines is 2. The molecule has 4 aromatic rings. The van der Waals surface area contributed by atoms with Crippen LogP contribution in [-0.2, 0) is 4.79 Å². The molecule has 0 fully saturated rings. The molecular formula is C23H20N4O4S2. The van der Waals surface area contributed by atoms with E-state index >= 15 is 0 Å². The maximum Gasteiger partial charge on any atom is 0.264 e. The summed E-state index contributed by atoms with van der Waals surface area (Å²) in [5.41, 5.74) is 1.92. The van der Waals surface area contributed by atoms with Crippen LogP contribution in [0.4, 0.5) is 10.3 Å². The standard InChI is InChI=1S/C23H20N4O4S2/c1-14-20(33-23(24-14)27-21(29)15-8-10-16(30-2)11-9-15)18-13-32-22(25-18)26-19(28)12-31-17-6-4-3-5-7-17/h3-11,13H,12H2,1-2H3,(H,24,27,29)(H,25,26,28). The van der Waals surface area contributed by atoms with Gasteiger partial charge in [-0.25, -0.2) is 9.97 Å².